The summed E-state index contributed by atoms with van der Waals surface area (Å²) in [6.45, 7) is -2.98. The van der Waals surface area contributed by atoms with Gasteiger partial charge in [-0.25, -0.2) is 0 Å². The van der Waals surface area contributed by atoms with E-state index in [4.69, 9.17) is 4.74 Å². The van der Waals surface area contributed by atoms with E-state index in [9.17, 15) is 18.4 Å². The van der Waals surface area contributed by atoms with Crippen LogP contribution in [-0.2, 0) is 20.9 Å². The maximum atomic E-state index is 12.1. The lowest BCUT2D eigenvalue weighted by Gasteiger charge is -2.17. The van der Waals surface area contributed by atoms with E-state index in [1.54, 1.807) is 19.2 Å². The lowest BCUT2D eigenvalue weighted by Crippen LogP contribution is -2.31. The van der Waals surface area contributed by atoms with Crippen molar-refractivity contribution in [2.24, 2.45) is 0 Å². The molecule has 0 aromatic heterocycles. The molecule has 144 valence electrons. The molecule has 2 aromatic rings. The minimum absolute atomic E-state index is 0.0487. The number of alkyl halides is 2. The first-order valence-corrected chi connectivity index (χ1v) is 9.04. The smallest absolute Gasteiger partial charge is 0.387 e. The number of nitrogens with zero attached hydrogens (tertiary/aromatic N) is 1. The van der Waals surface area contributed by atoms with E-state index in [1.165, 1.54) is 28.8 Å². The van der Waals surface area contributed by atoms with Crippen LogP contribution in [0.15, 0.2) is 59.5 Å². The zero-order valence-electron chi connectivity index (χ0n) is 14.6. The van der Waals surface area contributed by atoms with Crippen molar-refractivity contribution in [1.82, 2.24) is 4.90 Å². The van der Waals surface area contributed by atoms with E-state index < -0.39 is 12.6 Å². The largest absolute Gasteiger partial charge is 0.455 e. The zero-order valence-corrected chi connectivity index (χ0v) is 15.5. The van der Waals surface area contributed by atoms with Gasteiger partial charge in [0.1, 0.15) is 5.75 Å². The van der Waals surface area contributed by atoms with Gasteiger partial charge in [-0.3, -0.25) is 9.59 Å². The quantitative estimate of drug-likeness (QED) is 0.480. The van der Waals surface area contributed by atoms with Crippen LogP contribution in [0.4, 0.5) is 8.78 Å². The van der Waals surface area contributed by atoms with Crippen LogP contribution in [0, 0.1) is 0 Å². The number of halogens is 2. The fourth-order valence-electron chi connectivity index (χ4n) is 2.09. The molecule has 0 saturated heterocycles. The number of ether oxygens (including phenoxy) is 2. The topological polar surface area (TPSA) is 55.8 Å². The molecule has 1 amide bonds. The fourth-order valence-corrected chi connectivity index (χ4v) is 2.81. The highest BCUT2D eigenvalue weighted by Gasteiger charge is 2.13. The van der Waals surface area contributed by atoms with E-state index in [1.807, 2.05) is 30.3 Å². The number of likely N-dealkylation sites (N-methyl/N-ethyl adjacent to an activating group) is 1. The van der Waals surface area contributed by atoms with Gasteiger partial charge >= 0.3 is 12.6 Å². The van der Waals surface area contributed by atoms with Crippen molar-refractivity contribution in [3.63, 3.8) is 0 Å². The fraction of sp³-hybridized carbons (Fsp3) is 0.263. The molecule has 2 rings (SSSR count). The summed E-state index contributed by atoms with van der Waals surface area (Å²) in [5.74, 6) is -0.667. The summed E-state index contributed by atoms with van der Waals surface area (Å²) in [4.78, 5) is 26.1. The standard InChI is InChI=1S/C19H19F2NO4S/c1-22(11-14-7-9-15(10-8-14)26-19(20)21)17(23)12-25-18(24)13-27-16-5-3-2-4-6-16/h2-10,19H,11-13H2,1H3. The van der Waals surface area contributed by atoms with E-state index in [0.717, 1.165) is 10.5 Å². The molecule has 0 saturated carbocycles. The van der Waals surface area contributed by atoms with Crippen molar-refractivity contribution in [2.45, 2.75) is 18.1 Å². The molecule has 0 aliphatic carbocycles. The molecule has 0 heterocycles. The second-order valence-electron chi connectivity index (χ2n) is 5.53. The molecule has 27 heavy (non-hydrogen) atoms. The third-order valence-electron chi connectivity index (χ3n) is 3.45. The molecule has 5 nitrogen and oxygen atoms in total. The highest BCUT2D eigenvalue weighted by atomic mass is 32.2. The predicted octanol–water partition coefficient (Wildman–Crippen LogP) is 3.58. The molecule has 0 atom stereocenters. The van der Waals surface area contributed by atoms with Crippen LogP contribution >= 0.6 is 11.8 Å². The SMILES string of the molecule is CN(Cc1ccc(OC(F)F)cc1)C(=O)COC(=O)CSc1ccccc1. The molecule has 0 aliphatic rings. The van der Waals surface area contributed by atoms with Gasteiger partial charge < -0.3 is 14.4 Å². The lowest BCUT2D eigenvalue weighted by molar-refractivity contribution is -0.149. The van der Waals surface area contributed by atoms with Gasteiger partial charge in [0.15, 0.2) is 6.61 Å². The average molecular weight is 395 g/mol. The highest BCUT2D eigenvalue weighted by molar-refractivity contribution is 8.00. The van der Waals surface area contributed by atoms with Crippen LogP contribution in [0.5, 0.6) is 5.75 Å². The summed E-state index contributed by atoms with van der Waals surface area (Å²) in [6, 6.07) is 15.4. The van der Waals surface area contributed by atoms with Crippen LogP contribution in [0.3, 0.4) is 0 Å². The zero-order chi connectivity index (χ0) is 19.6. The maximum absolute atomic E-state index is 12.1. The minimum Gasteiger partial charge on any atom is -0.455 e. The molecule has 0 fully saturated rings. The van der Waals surface area contributed by atoms with Crippen molar-refractivity contribution < 1.29 is 27.8 Å². The van der Waals surface area contributed by atoms with Gasteiger partial charge in [0, 0.05) is 18.5 Å². The van der Waals surface area contributed by atoms with E-state index >= 15 is 0 Å². The first-order chi connectivity index (χ1) is 12.9. The van der Waals surface area contributed by atoms with Crippen molar-refractivity contribution in [3.8, 4) is 5.75 Å². The Bertz CT molecular complexity index is 741. The van der Waals surface area contributed by atoms with Gasteiger partial charge in [-0.2, -0.15) is 8.78 Å². The summed E-state index contributed by atoms with van der Waals surface area (Å²) in [7, 11) is 1.57. The number of benzene rings is 2. The van der Waals surface area contributed by atoms with Crippen LogP contribution in [0.2, 0.25) is 0 Å². The van der Waals surface area contributed by atoms with Crippen LogP contribution < -0.4 is 4.74 Å². The molecule has 0 radical (unpaired) electrons. The lowest BCUT2D eigenvalue weighted by atomic mass is 10.2. The van der Waals surface area contributed by atoms with Crippen molar-refractivity contribution in [2.75, 3.05) is 19.4 Å². The molecule has 8 heteroatoms. The second kappa shape index (κ2) is 10.5. The Morgan fingerprint density at radius 1 is 1.07 bits per heavy atom. The van der Waals surface area contributed by atoms with E-state index in [-0.39, 0.29) is 30.6 Å². The summed E-state index contributed by atoms with van der Waals surface area (Å²) in [6.07, 6.45) is 0. The Morgan fingerprint density at radius 2 is 1.74 bits per heavy atom. The second-order valence-corrected chi connectivity index (χ2v) is 6.58. The van der Waals surface area contributed by atoms with Crippen LogP contribution in [0.1, 0.15) is 5.56 Å². The Balaban J connectivity index is 1.72. The summed E-state index contributed by atoms with van der Waals surface area (Å²) in [5.41, 5.74) is 0.735. The van der Waals surface area contributed by atoms with Gasteiger partial charge in [-0.05, 0) is 29.8 Å². The molecular weight excluding hydrogens is 376 g/mol. The number of thioether (sulfide) groups is 1. The van der Waals surface area contributed by atoms with Crippen LogP contribution in [-0.4, -0.2) is 42.8 Å². The number of rotatable bonds is 9. The molecule has 2 aromatic carbocycles. The minimum atomic E-state index is -2.88. The number of hydrogen-bond acceptors (Lipinski definition) is 5. The Hall–Kier alpha value is -2.61. The average Bonchev–Trinajstić information content (AvgIpc) is 2.66. The van der Waals surface area contributed by atoms with E-state index in [2.05, 4.69) is 4.74 Å². The molecule has 0 N–H and O–H groups in total. The van der Waals surface area contributed by atoms with Gasteiger partial charge in [0.2, 0.25) is 0 Å². The molecule has 0 bridgehead atoms. The predicted molar refractivity (Wildman–Crippen MR) is 97.7 cm³/mol. The van der Waals surface area contributed by atoms with Gasteiger partial charge in [-0.1, -0.05) is 30.3 Å². The molecule has 0 spiro atoms. The first kappa shape index (κ1) is 20.7. The number of amides is 1. The Morgan fingerprint density at radius 3 is 2.37 bits per heavy atom. The Labute approximate surface area is 160 Å². The van der Waals surface area contributed by atoms with Crippen molar-refractivity contribution >= 4 is 23.6 Å². The third-order valence-corrected chi connectivity index (χ3v) is 4.44. The molecule has 0 unspecified atom stereocenters. The van der Waals surface area contributed by atoms with Crippen molar-refractivity contribution in [3.05, 3.63) is 60.2 Å². The maximum Gasteiger partial charge on any atom is 0.387 e. The monoisotopic (exact) mass is 395 g/mol. The summed E-state index contributed by atoms with van der Waals surface area (Å²) >= 11 is 1.33. The summed E-state index contributed by atoms with van der Waals surface area (Å²) in [5, 5.41) is 0. The van der Waals surface area contributed by atoms with Gasteiger partial charge in [0.25, 0.3) is 5.91 Å². The first-order valence-electron chi connectivity index (χ1n) is 8.05. The number of hydrogen-bond donors (Lipinski definition) is 0. The summed E-state index contributed by atoms with van der Waals surface area (Å²) < 4.78 is 33.5. The number of esters is 1. The third kappa shape index (κ3) is 7.65. The van der Waals surface area contributed by atoms with E-state index in [0.29, 0.717) is 0 Å². The van der Waals surface area contributed by atoms with Crippen LogP contribution in [0.25, 0.3) is 0 Å². The molecule has 0 aliphatic heterocycles. The highest BCUT2D eigenvalue weighted by Crippen LogP contribution is 2.17. The normalized spacial score (nSPS) is 10.5. The number of carbonyl (C=O) groups is 2. The Kier molecular flexibility index (Phi) is 8.06. The number of carbonyl (C=O) groups excluding carboxylic acids is 2. The van der Waals surface area contributed by atoms with Gasteiger partial charge in [-0.15, -0.1) is 11.8 Å². The molecular formula is C19H19F2NO4S. The van der Waals surface area contributed by atoms with Crippen molar-refractivity contribution in [1.29, 1.82) is 0 Å². The van der Waals surface area contributed by atoms with Gasteiger partial charge in [0.05, 0.1) is 5.75 Å².